The van der Waals surface area contributed by atoms with Gasteiger partial charge in [-0.1, -0.05) is 0 Å². The van der Waals surface area contributed by atoms with E-state index in [1.165, 1.54) is 47.2 Å². The Morgan fingerprint density at radius 2 is 1.37 bits per heavy atom. The topological polar surface area (TPSA) is 3.24 Å². The Bertz CT molecular complexity index is 910. The average Bonchev–Trinajstić information content (AvgIpc) is 3.32. The second-order valence-corrected chi connectivity index (χ2v) is 49.5. The maximum absolute atomic E-state index is 3.10. The number of fused-ring (bicyclic) bond motifs is 10. The van der Waals surface area contributed by atoms with Crippen molar-refractivity contribution in [2.45, 2.75) is 84.4 Å². The molecule has 1 spiro atoms. The van der Waals surface area contributed by atoms with Crippen molar-refractivity contribution in [3.63, 3.8) is 0 Å². The second-order valence-electron chi connectivity index (χ2n) is 12.3. The summed E-state index contributed by atoms with van der Waals surface area (Å²) in [5.74, 6) is 0. The Morgan fingerprint density at radius 3 is 1.58 bits per heavy atom. The monoisotopic (exact) mass is 345 g/mol. The molecule has 19 heavy (non-hydrogen) atoms. The fraction of sp³-hybridized carbons (Fsp3) is 1.00. The first kappa shape index (κ1) is 8.28. The van der Waals surface area contributed by atoms with Crippen molar-refractivity contribution in [1.29, 1.82) is 0 Å². The SMILES string of the molecule is CCN(C(C)C)C(C)[C]12[CH]3[CH]4[CH]5[CH]1[Ru]45321678[CH]2[CH]1[CH]6[CH]7[CH]28. The molecule has 1 nitrogen and oxygen atoms in total. The molecular formula is C17H25NRu. The second kappa shape index (κ2) is 0.732. The van der Waals surface area contributed by atoms with Crippen molar-refractivity contribution in [1.82, 2.24) is 4.90 Å². The Labute approximate surface area is 103 Å². The summed E-state index contributed by atoms with van der Waals surface area (Å²) in [4.78, 5) is 2.92. The van der Waals surface area contributed by atoms with Gasteiger partial charge in [-0.3, -0.25) is 0 Å². The molecule has 106 valence electrons. The minimum absolute atomic E-state index is 0.781. The Morgan fingerprint density at radius 1 is 0.895 bits per heavy atom. The number of rotatable bonds is 4. The van der Waals surface area contributed by atoms with E-state index < -0.39 is 7.72 Å². The summed E-state index contributed by atoms with van der Waals surface area (Å²) in [7, 11) is -3.10. The molecule has 5 atom stereocenters. The van der Waals surface area contributed by atoms with Gasteiger partial charge in [0, 0.05) is 0 Å². The van der Waals surface area contributed by atoms with E-state index in [9.17, 15) is 0 Å². The van der Waals surface area contributed by atoms with E-state index in [0.29, 0.717) is 0 Å². The molecule has 0 bridgehead atoms. The van der Waals surface area contributed by atoms with Gasteiger partial charge in [-0.05, 0) is 0 Å². The zero-order valence-corrected chi connectivity index (χ0v) is 14.1. The molecule has 5 unspecified atom stereocenters. The summed E-state index contributed by atoms with van der Waals surface area (Å²) in [5.41, 5.74) is 0. The van der Waals surface area contributed by atoms with Gasteiger partial charge in [0.25, 0.3) is 0 Å². The maximum atomic E-state index is 2.92. The van der Waals surface area contributed by atoms with E-state index in [1.54, 1.807) is 0 Å². The van der Waals surface area contributed by atoms with E-state index in [2.05, 4.69) is 32.6 Å². The van der Waals surface area contributed by atoms with Crippen LogP contribution in [0.3, 0.4) is 0 Å². The van der Waals surface area contributed by atoms with Gasteiger partial charge in [0.15, 0.2) is 0 Å². The van der Waals surface area contributed by atoms with Gasteiger partial charge in [0.2, 0.25) is 0 Å². The van der Waals surface area contributed by atoms with Crippen LogP contribution in [-0.4, -0.2) is 23.5 Å². The predicted octanol–water partition coefficient (Wildman–Crippen LogP) is 4.86. The Balaban J connectivity index is 1.40. The zero-order chi connectivity index (χ0) is 12.5. The number of nitrogens with zero attached hydrogens (tertiary/aromatic N) is 1. The van der Waals surface area contributed by atoms with E-state index in [-0.39, 0.29) is 0 Å². The van der Waals surface area contributed by atoms with Crippen LogP contribution in [0.25, 0.3) is 0 Å². The Hall–Kier alpha value is 0.583. The summed E-state index contributed by atoms with van der Waals surface area (Å²) < 4.78 is 14.7. The summed E-state index contributed by atoms with van der Waals surface area (Å²) in [6.07, 6.45) is 0. The van der Waals surface area contributed by atoms with Gasteiger partial charge in [-0.15, -0.1) is 0 Å². The molecule has 10 heterocycles. The zero-order valence-electron chi connectivity index (χ0n) is 12.4. The van der Waals surface area contributed by atoms with E-state index in [0.717, 1.165) is 16.1 Å². The van der Waals surface area contributed by atoms with Crippen LogP contribution < -0.4 is 0 Å². The van der Waals surface area contributed by atoms with Gasteiger partial charge in [-0.25, -0.2) is 0 Å². The van der Waals surface area contributed by atoms with Crippen LogP contribution in [-0.2, 0) is 7.72 Å². The van der Waals surface area contributed by atoms with Gasteiger partial charge >= 0.3 is 104 Å². The van der Waals surface area contributed by atoms with Crippen molar-refractivity contribution in [2.75, 3.05) is 6.54 Å². The molecule has 10 aliphatic rings. The normalized spacial score (nSPS) is 110. The third kappa shape index (κ3) is 0.0970. The van der Waals surface area contributed by atoms with Crippen molar-refractivity contribution >= 4 is 0 Å². The van der Waals surface area contributed by atoms with Crippen LogP contribution in [0.2, 0.25) is 44.6 Å². The minimum atomic E-state index is -3.10. The molecule has 0 aromatic heterocycles. The molecule has 0 amide bonds. The summed E-state index contributed by atoms with van der Waals surface area (Å²) in [6.45, 7) is 11.3. The van der Waals surface area contributed by atoms with E-state index >= 15 is 0 Å². The van der Waals surface area contributed by atoms with Crippen molar-refractivity contribution in [3.05, 3.63) is 0 Å². The fourth-order valence-electron chi connectivity index (χ4n) is 18.9. The molecular weight excluding hydrogens is 319 g/mol. The van der Waals surface area contributed by atoms with Crippen LogP contribution >= 0.6 is 0 Å². The van der Waals surface area contributed by atoms with Gasteiger partial charge < -0.3 is 0 Å². The molecule has 10 fully saturated rings. The molecule has 2 heteroatoms. The number of hydrogen-bond donors (Lipinski definition) is 0. The molecule has 0 radical (unpaired) electrons. The van der Waals surface area contributed by atoms with E-state index in [1.807, 2.05) is 0 Å². The molecule has 10 aliphatic heterocycles. The molecule has 0 aliphatic carbocycles. The standard InChI is InChI=1S/C12H20N.C5H5.Ru/c1-5-13(10(2)3)11(4)12-8-6-7-9-12;1-2-4-5-3-1;/h6-11H,5H2,1-4H3;1-5H;. The van der Waals surface area contributed by atoms with Crippen molar-refractivity contribution in [3.8, 4) is 0 Å². The van der Waals surface area contributed by atoms with Gasteiger partial charge in [0.1, 0.15) is 0 Å². The summed E-state index contributed by atoms with van der Waals surface area (Å²) in [5, 5.41) is 0. The van der Waals surface area contributed by atoms with Crippen LogP contribution in [0, 0.1) is 0 Å². The molecule has 10 saturated heterocycles. The van der Waals surface area contributed by atoms with E-state index in [4.69, 9.17) is 0 Å². The third-order valence-electron chi connectivity index (χ3n) is 17.0. The van der Waals surface area contributed by atoms with Crippen LogP contribution in [0.4, 0.5) is 0 Å². The first-order valence-electron chi connectivity index (χ1n) is 8.82. The number of hydrogen-bond acceptors (Lipinski definition) is 1. The van der Waals surface area contributed by atoms with Crippen molar-refractivity contribution < 1.29 is 7.72 Å². The predicted molar refractivity (Wildman–Crippen MR) is 73.4 cm³/mol. The first-order chi connectivity index (χ1) is 8.85. The Kier molecular flexibility index (Phi) is 0.319. The van der Waals surface area contributed by atoms with Gasteiger partial charge in [-0.2, -0.15) is 0 Å². The van der Waals surface area contributed by atoms with Crippen LogP contribution in [0.5, 0.6) is 0 Å². The molecule has 10 rings (SSSR count). The third-order valence-corrected chi connectivity index (χ3v) is 84.3. The molecule has 0 aromatic carbocycles. The fourth-order valence-corrected chi connectivity index (χ4v) is 154. The van der Waals surface area contributed by atoms with Crippen LogP contribution in [0.1, 0.15) is 27.7 Å². The summed E-state index contributed by atoms with van der Waals surface area (Å²) >= 11 is 0. The average molecular weight is 344 g/mol. The molecule has 0 aromatic rings. The molecule has 0 N–H and O–H groups in total. The first-order valence-corrected chi connectivity index (χ1v) is 18.7. The molecule has 0 saturated carbocycles. The quantitative estimate of drug-likeness (QED) is 0.658. The van der Waals surface area contributed by atoms with Gasteiger partial charge in [0.05, 0.1) is 0 Å². The summed E-state index contributed by atoms with van der Waals surface area (Å²) in [6, 6.07) is 1.78. The van der Waals surface area contributed by atoms with Crippen LogP contribution in [0.15, 0.2) is 0 Å². The van der Waals surface area contributed by atoms with Crippen molar-refractivity contribution in [2.24, 2.45) is 0 Å².